The SMILES string of the molecule is COc1nc2ccc(C(O)(c3ccccc3)C3CCN(CC=O)CC3)cc2c(Cl)c1C. The molecule has 0 radical (unpaired) electrons. The second-order valence-electron chi connectivity index (χ2n) is 8.17. The van der Waals surface area contributed by atoms with Crippen molar-refractivity contribution in [2.24, 2.45) is 5.92 Å². The third kappa shape index (κ3) is 3.93. The maximum absolute atomic E-state index is 12.2. The molecule has 0 spiro atoms. The van der Waals surface area contributed by atoms with Crippen molar-refractivity contribution in [1.82, 2.24) is 9.88 Å². The number of nitrogens with zero attached hydrogens (tertiary/aromatic N) is 2. The zero-order valence-electron chi connectivity index (χ0n) is 17.8. The summed E-state index contributed by atoms with van der Waals surface area (Å²) < 4.78 is 5.35. The molecule has 4 rings (SSSR count). The molecule has 1 saturated heterocycles. The third-order valence-electron chi connectivity index (χ3n) is 6.46. The Morgan fingerprint density at radius 2 is 1.90 bits per heavy atom. The number of carbonyl (C=O) groups excluding carboxylic acids is 1. The van der Waals surface area contributed by atoms with Crippen molar-refractivity contribution in [3.8, 4) is 5.88 Å². The Labute approximate surface area is 187 Å². The van der Waals surface area contributed by atoms with Gasteiger partial charge in [-0.15, -0.1) is 0 Å². The molecule has 0 bridgehead atoms. The number of fused-ring (bicyclic) bond motifs is 1. The van der Waals surface area contributed by atoms with E-state index < -0.39 is 5.60 Å². The molecule has 1 aliphatic rings. The van der Waals surface area contributed by atoms with Gasteiger partial charge in [0.25, 0.3) is 0 Å². The summed E-state index contributed by atoms with van der Waals surface area (Å²) in [5.74, 6) is 0.521. The predicted molar refractivity (Wildman–Crippen MR) is 123 cm³/mol. The minimum absolute atomic E-state index is 0.0151. The highest BCUT2D eigenvalue weighted by Crippen LogP contribution is 2.43. The van der Waals surface area contributed by atoms with Crippen molar-refractivity contribution in [1.29, 1.82) is 0 Å². The molecular formula is C25H27ClN2O3. The van der Waals surface area contributed by atoms with E-state index in [2.05, 4.69) is 9.88 Å². The lowest BCUT2D eigenvalue weighted by molar-refractivity contribution is -0.109. The van der Waals surface area contributed by atoms with E-state index in [1.165, 1.54) is 0 Å². The first-order chi connectivity index (χ1) is 15.0. The van der Waals surface area contributed by atoms with E-state index in [-0.39, 0.29) is 5.92 Å². The van der Waals surface area contributed by atoms with Gasteiger partial charge in [-0.25, -0.2) is 4.98 Å². The molecule has 31 heavy (non-hydrogen) atoms. The van der Waals surface area contributed by atoms with Crippen LogP contribution in [-0.4, -0.2) is 48.0 Å². The lowest BCUT2D eigenvalue weighted by Crippen LogP contribution is -2.44. The first kappa shape index (κ1) is 21.8. The molecule has 3 aromatic rings. The molecule has 1 aromatic heterocycles. The summed E-state index contributed by atoms with van der Waals surface area (Å²) >= 11 is 6.68. The van der Waals surface area contributed by atoms with Crippen LogP contribution in [0.5, 0.6) is 5.88 Å². The molecule has 0 saturated carbocycles. The van der Waals surface area contributed by atoms with Gasteiger partial charge in [0.2, 0.25) is 5.88 Å². The summed E-state index contributed by atoms with van der Waals surface area (Å²) in [5.41, 5.74) is 2.00. The van der Waals surface area contributed by atoms with Gasteiger partial charge in [0.1, 0.15) is 11.9 Å². The second kappa shape index (κ2) is 8.95. The fourth-order valence-electron chi connectivity index (χ4n) is 4.70. The third-order valence-corrected chi connectivity index (χ3v) is 6.95. The molecule has 1 atom stereocenters. The number of methoxy groups -OCH3 is 1. The molecule has 6 heteroatoms. The van der Waals surface area contributed by atoms with Crippen LogP contribution in [0.4, 0.5) is 0 Å². The largest absolute Gasteiger partial charge is 0.481 e. The molecule has 2 heterocycles. The van der Waals surface area contributed by atoms with Crippen molar-refractivity contribution in [2.75, 3.05) is 26.7 Å². The van der Waals surface area contributed by atoms with Crippen LogP contribution in [0.25, 0.3) is 10.9 Å². The van der Waals surface area contributed by atoms with Gasteiger partial charge >= 0.3 is 0 Å². The van der Waals surface area contributed by atoms with Crippen LogP contribution in [0, 0.1) is 12.8 Å². The van der Waals surface area contributed by atoms with Crippen molar-refractivity contribution >= 4 is 28.8 Å². The van der Waals surface area contributed by atoms with E-state index in [0.29, 0.717) is 17.4 Å². The summed E-state index contributed by atoms with van der Waals surface area (Å²) in [6, 6.07) is 15.6. The zero-order valence-corrected chi connectivity index (χ0v) is 18.6. The van der Waals surface area contributed by atoms with E-state index in [1.807, 2.05) is 55.5 Å². The number of aromatic nitrogens is 1. The highest BCUT2D eigenvalue weighted by molar-refractivity contribution is 6.36. The van der Waals surface area contributed by atoms with Crippen LogP contribution < -0.4 is 4.74 Å². The number of hydrogen-bond acceptors (Lipinski definition) is 5. The van der Waals surface area contributed by atoms with Gasteiger partial charge in [0, 0.05) is 10.9 Å². The molecule has 162 valence electrons. The Morgan fingerprint density at radius 3 is 2.55 bits per heavy atom. The Kier molecular flexibility index (Phi) is 6.28. The fourth-order valence-corrected chi connectivity index (χ4v) is 4.94. The number of carbonyl (C=O) groups is 1. The number of hydrogen-bond donors (Lipinski definition) is 1. The van der Waals surface area contributed by atoms with Crippen molar-refractivity contribution in [3.63, 3.8) is 0 Å². The van der Waals surface area contributed by atoms with Crippen molar-refractivity contribution < 1.29 is 14.6 Å². The van der Waals surface area contributed by atoms with E-state index in [9.17, 15) is 9.90 Å². The normalized spacial score (nSPS) is 17.4. The van der Waals surface area contributed by atoms with Gasteiger partial charge in [-0.05, 0) is 62.0 Å². The summed E-state index contributed by atoms with van der Waals surface area (Å²) in [5, 5.41) is 13.6. The monoisotopic (exact) mass is 438 g/mol. The lowest BCUT2D eigenvalue weighted by atomic mass is 9.72. The average Bonchev–Trinajstić information content (AvgIpc) is 2.82. The maximum Gasteiger partial charge on any atom is 0.218 e. The van der Waals surface area contributed by atoms with Gasteiger partial charge in [0.05, 0.1) is 24.2 Å². The van der Waals surface area contributed by atoms with Crippen LogP contribution in [0.15, 0.2) is 48.5 Å². The van der Waals surface area contributed by atoms with Gasteiger partial charge in [0.15, 0.2) is 0 Å². The molecule has 5 nitrogen and oxygen atoms in total. The molecule has 0 aliphatic carbocycles. The average molecular weight is 439 g/mol. The van der Waals surface area contributed by atoms with Gasteiger partial charge in [-0.3, -0.25) is 4.90 Å². The Bertz CT molecular complexity index is 1080. The molecule has 1 aliphatic heterocycles. The molecule has 1 N–H and O–H groups in total. The Morgan fingerprint density at radius 1 is 1.19 bits per heavy atom. The first-order valence-electron chi connectivity index (χ1n) is 10.6. The fraction of sp³-hybridized carbons (Fsp3) is 0.360. The number of benzene rings is 2. The summed E-state index contributed by atoms with van der Waals surface area (Å²) in [4.78, 5) is 17.6. The highest BCUT2D eigenvalue weighted by atomic mass is 35.5. The van der Waals surface area contributed by atoms with E-state index in [0.717, 1.165) is 59.8 Å². The number of piperidine rings is 1. The topological polar surface area (TPSA) is 62.7 Å². The number of halogens is 1. The van der Waals surface area contributed by atoms with E-state index >= 15 is 0 Å². The molecule has 1 unspecified atom stereocenters. The number of aldehydes is 1. The van der Waals surface area contributed by atoms with E-state index in [4.69, 9.17) is 16.3 Å². The molecule has 0 amide bonds. The van der Waals surface area contributed by atoms with Gasteiger partial charge in [-0.1, -0.05) is 48.0 Å². The number of likely N-dealkylation sites (tertiary alicyclic amines) is 1. The second-order valence-corrected chi connectivity index (χ2v) is 8.54. The molecule has 2 aromatic carbocycles. The standard InChI is InChI=1S/C25H27ClN2O3/c1-17-23(26)21-16-20(8-9-22(21)27-24(17)31-2)25(30,18-6-4-3-5-7-18)19-10-12-28(13-11-19)14-15-29/h3-9,15-16,19,30H,10-14H2,1-2H3. The number of ether oxygens (including phenoxy) is 1. The van der Waals surface area contributed by atoms with Crippen molar-refractivity contribution in [3.05, 3.63) is 70.2 Å². The van der Waals surface area contributed by atoms with Crippen LogP contribution in [0.2, 0.25) is 5.02 Å². The van der Waals surface area contributed by atoms with Gasteiger partial charge in [-0.2, -0.15) is 0 Å². The van der Waals surface area contributed by atoms with Gasteiger partial charge < -0.3 is 14.6 Å². The smallest absolute Gasteiger partial charge is 0.218 e. The van der Waals surface area contributed by atoms with Crippen molar-refractivity contribution in [2.45, 2.75) is 25.4 Å². The maximum atomic E-state index is 12.2. The van der Waals surface area contributed by atoms with Crippen LogP contribution in [0.3, 0.4) is 0 Å². The predicted octanol–water partition coefficient (Wildman–Crippen LogP) is 4.35. The van der Waals surface area contributed by atoms with Crippen LogP contribution in [-0.2, 0) is 10.4 Å². The molecule has 1 fully saturated rings. The Balaban J connectivity index is 1.82. The number of rotatable bonds is 6. The summed E-state index contributed by atoms with van der Waals surface area (Å²) in [7, 11) is 1.58. The quantitative estimate of drug-likeness (QED) is 0.579. The highest BCUT2D eigenvalue weighted by Gasteiger charge is 2.41. The van der Waals surface area contributed by atoms with E-state index in [1.54, 1.807) is 7.11 Å². The number of aliphatic hydroxyl groups is 1. The summed E-state index contributed by atoms with van der Waals surface area (Å²) in [6.45, 7) is 3.89. The first-order valence-corrected chi connectivity index (χ1v) is 10.9. The lowest BCUT2D eigenvalue weighted by Gasteiger charge is -2.42. The Hall–Kier alpha value is -2.47. The number of pyridine rings is 1. The minimum Gasteiger partial charge on any atom is -0.481 e. The summed E-state index contributed by atoms with van der Waals surface area (Å²) in [6.07, 6.45) is 2.54. The van der Waals surface area contributed by atoms with Crippen LogP contribution in [0.1, 0.15) is 29.5 Å². The van der Waals surface area contributed by atoms with Crippen LogP contribution >= 0.6 is 11.6 Å². The zero-order chi connectivity index (χ0) is 22.0. The molecular weight excluding hydrogens is 412 g/mol. The minimum atomic E-state index is -1.17.